The molecule has 0 fully saturated rings. The largest absolute Gasteiger partial charge is 0.486 e. The van der Waals surface area contributed by atoms with E-state index in [1.165, 1.54) is 5.56 Å². The Bertz CT molecular complexity index is 527. The summed E-state index contributed by atoms with van der Waals surface area (Å²) in [5.41, 5.74) is 1.18. The highest BCUT2D eigenvalue weighted by Gasteiger charge is 2.05. The molecule has 2 aromatic rings. The lowest BCUT2D eigenvalue weighted by atomic mass is 10.2. The minimum absolute atomic E-state index is 0.389. The summed E-state index contributed by atoms with van der Waals surface area (Å²) in [5, 5.41) is 7.08. The molecule has 0 amide bonds. The van der Waals surface area contributed by atoms with Crippen LogP contribution in [0.2, 0.25) is 0 Å². The van der Waals surface area contributed by atoms with Crippen molar-refractivity contribution in [2.75, 3.05) is 6.54 Å². The molecular weight excluding hydrogens is 320 g/mol. The number of halogens is 1. The number of nitrogens with zero attached hydrogens (tertiary/aromatic N) is 1. The van der Waals surface area contributed by atoms with Gasteiger partial charge >= 0.3 is 0 Å². The van der Waals surface area contributed by atoms with Gasteiger partial charge < -0.3 is 14.6 Å². The lowest BCUT2D eigenvalue weighted by molar-refractivity contribution is 0.249. The maximum absolute atomic E-state index is 5.69. The summed E-state index contributed by atoms with van der Waals surface area (Å²) in [6.07, 6.45) is 1.61. The minimum Gasteiger partial charge on any atom is -0.486 e. The second-order valence-corrected chi connectivity index (χ2v) is 5.90. The molecule has 4 nitrogen and oxygen atoms in total. The van der Waals surface area contributed by atoms with Crippen LogP contribution in [0.5, 0.6) is 5.75 Å². The Hall–Kier alpha value is -1.33. The number of ether oxygens (including phenoxy) is 1. The van der Waals surface area contributed by atoms with Crippen molar-refractivity contribution in [3.05, 3.63) is 46.3 Å². The first kappa shape index (κ1) is 15.1. The number of aromatic nitrogens is 1. The van der Waals surface area contributed by atoms with E-state index in [4.69, 9.17) is 9.26 Å². The van der Waals surface area contributed by atoms with E-state index < -0.39 is 0 Å². The Labute approximate surface area is 127 Å². The van der Waals surface area contributed by atoms with Crippen molar-refractivity contribution in [2.24, 2.45) is 5.92 Å². The van der Waals surface area contributed by atoms with Crippen LogP contribution < -0.4 is 10.1 Å². The molecule has 0 aliphatic rings. The van der Waals surface area contributed by atoms with E-state index >= 15 is 0 Å². The van der Waals surface area contributed by atoms with Gasteiger partial charge in [-0.05, 0) is 36.2 Å². The molecule has 5 heteroatoms. The Kier molecular flexibility index (Phi) is 5.61. The molecule has 0 aliphatic carbocycles. The smallest absolute Gasteiger partial charge is 0.174 e. The van der Waals surface area contributed by atoms with E-state index in [1.807, 2.05) is 18.2 Å². The molecule has 0 bridgehead atoms. The van der Waals surface area contributed by atoms with Gasteiger partial charge in [0.05, 0.1) is 6.20 Å². The SMILES string of the molecule is CC(C)CNCc1cc(OCc2ccno2)ccc1Br. The van der Waals surface area contributed by atoms with Gasteiger partial charge in [-0.2, -0.15) is 0 Å². The van der Waals surface area contributed by atoms with Crippen LogP contribution in [0.25, 0.3) is 0 Å². The standard InChI is InChI=1S/C15H19BrN2O2/c1-11(2)8-17-9-12-7-13(3-4-15(12)16)19-10-14-5-6-18-20-14/h3-7,11,17H,8-10H2,1-2H3. The topological polar surface area (TPSA) is 47.3 Å². The molecule has 0 unspecified atom stereocenters. The van der Waals surface area contributed by atoms with Gasteiger partial charge in [0, 0.05) is 17.1 Å². The number of rotatable bonds is 7. The van der Waals surface area contributed by atoms with E-state index in [0.717, 1.165) is 23.3 Å². The molecule has 20 heavy (non-hydrogen) atoms. The van der Waals surface area contributed by atoms with Crippen LogP contribution in [0, 0.1) is 5.92 Å². The molecule has 0 atom stereocenters. The summed E-state index contributed by atoms with van der Waals surface area (Å²) >= 11 is 3.56. The van der Waals surface area contributed by atoms with Crippen molar-refractivity contribution in [3.63, 3.8) is 0 Å². The van der Waals surface area contributed by atoms with Crippen LogP contribution in [-0.4, -0.2) is 11.7 Å². The molecule has 0 spiro atoms. The zero-order valence-electron chi connectivity index (χ0n) is 11.7. The molecule has 0 saturated carbocycles. The quantitative estimate of drug-likeness (QED) is 0.834. The summed E-state index contributed by atoms with van der Waals surface area (Å²) in [7, 11) is 0. The maximum atomic E-state index is 5.69. The fourth-order valence-electron chi connectivity index (χ4n) is 1.74. The van der Waals surface area contributed by atoms with E-state index in [1.54, 1.807) is 12.3 Å². The van der Waals surface area contributed by atoms with Gasteiger partial charge in [0.15, 0.2) is 5.76 Å². The third-order valence-electron chi connectivity index (χ3n) is 2.76. The zero-order chi connectivity index (χ0) is 14.4. The van der Waals surface area contributed by atoms with Gasteiger partial charge in [-0.1, -0.05) is 34.9 Å². The van der Waals surface area contributed by atoms with E-state index in [-0.39, 0.29) is 0 Å². The zero-order valence-corrected chi connectivity index (χ0v) is 13.3. The van der Waals surface area contributed by atoms with Crippen molar-refractivity contribution < 1.29 is 9.26 Å². The second kappa shape index (κ2) is 7.45. The summed E-state index contributed by atoms with van der Waals surface area (Å²) in [6, 6.07) is 7.77. The Balaban J connectivity index is 1.93. The third-order valence-corrected chi connectivity index (χ3v) is 3.53. The van der Waals surface area contributed by atoms with Gasteiger partial charge in [-0.15, -0.1) is 0 Å². The molecular formula is C15H19BrN2O2. The highest BCUT2D eigenvalue weighted by atomic mass is 79.9. The molecule has 0 radical (unpaired) electrons. The van der Waals surface area contributed by atoms with Crippen LogP contribution in [0.1, 0.15) is 25.2 Å². The molecule has 1 aromatic heterocycles. The average Bonchev–Trinajstić information content (AvgIpc) is 2.92. The first-order valence-electron chi connectivity index (χ1n) is 6.66. The fourth-order valence-corrected chi connectivity index (χ4v) is 2.13. The lowest BCUT2D eigenvalue weighted by Gasteiger charge is -2.11. The monoisotopic (exact) mass is 338 g/mol. The van der Waals surface area contributed by atoms with Crippen molar-refractivity contribution in [1.29, 1.82) is 0 Å². The predicted molar refractivity (Wildman–Crippen MR) is 81.5 cm³/mol. The molecule has 0 saturated heterocycles. The normalized spacial score (nSPS) is 11.0. The molecule has 1 aromatic carbocycles. The van der Waals surface area contributed by atoms with Gasteiger partial charge in [0.1, 0.15) is 12.4 Å². The van der Waals surface area contributed by atoms with Crippen LogP contribution in [0.4, 0.5) is 0 Å². The van der Waals surface area contributed by atoms with Crippen molar-refractivity contribution in [1.82, 2.24) is 10.5 Å². The lowest BCUT2D eigenvalue weighted by Crippen LogP contribution is -2.19. The average molecular weight is 339 g/mol. The van der Waals surface area contributed by atoms with Crippen molar-refractivity contribution in [2.45, 2.75) is 27.0 Å². The summed E-state index contributed by atoms with van der Waals surface area (Å²) in [6.45, 7) is 6.59. The van der Waals surface area contributed by atoms with E-state index in [0.29, 0.717) is 18.3 Å². The predicted octanol–water partition coefficient (Wildman–Crippen LogP) is 3.76. The van der Waals surface area contributed by atoms with Crippen LogP contribution >= 0.6 is 15.9 Å². The highest BCUT2D eigenvalue weighted by molar-refractivity contribution is 9.10. The molecule has 1 N–H and O–H groups in total. The molecule has 0 aliphatic heterocycles. The first-order valence-corrected chi connectivity index (χ1v) is 7.46. The maximum Gasteiger partial charge on any atom is 0.174 e. The Morgan fingerprint density at radius 2 is 2.20 bits per heavy atom. The van der Waals surface area contributed by atoms with Crippen molar-refractivity contribution in [3.8, 4) is 5.75 Å². The summed E-state index contributed by atoms with van der Waals surface area (Å²) in [5.74, 6) is 2.18. The molecule has 2 rings (SSSR count). The summed E-state index contributed by atoms with van der Waals surface area (Å²) in [4.78, 5) is 0. The van der Waals surface area contributed by atoms with Gasteiger partial charge in [0.25, 0.3) is 0 Å². The van der Waals surface area contributed by atoms with Gasteiger partial charge in [-0.25, -0.2) is 0 Å². The summed E-state index contributed by atoms with van der Waals surface area (Å²) < 4.78 is 11.8. The minimum atomic E-state index is 0.389. The van der Waals surface area contributed by atoms with Crippen molar-refractivity contribution >= 4 is 15.9 Å². The number of hydrogen-bond donors (Lipinski definition) is 1. The van der Waals surface area contributed by atoms with Crippen LogP contribution in [0.15, 0.2) is 39.5 Å². The number of benzene rings is 1. The van der Waals surface area contributed by atoms with E-state index in [2.05, 4.69) is 40.3 Å². The molecule has 108 valence electrons. The number of nitrogens with one attached hydrogen (secondary N) is 1. The first-order chi connectivity index (χ1) is 9.65. The van der Waals surface area contributed by atoms with E-state index in [9.17, 15) is 0 Å². The van der Waals surface area contributed by atoms with Crippen LogP contribution in [-0.2, 0) is 13.2 Å². The Morgan fingerprint density at radius 1 is 1.35 bits per heavy atom. The van der Waals surface area contributed by atoms with Gasteiger partial charge in [0.2, 0.25) is 0 Å². The Morgan fingerprint density at radius 3 is 2.90 bits per heavy atom. The highest BCUT2D eigenvalue weighted by Crippen LogP contribution is 2.23. The fraction of sp³-hybridized carbons (Fsp3) is 0.400. The number of hydrogen-bond acceptors (Lipinski definition) is 4. The molecule has 1 heterocycles. The van der Waals surface area contributed by atoms with Gasteiger partial charge in [-0.3, -0.25) is 0 Å². The second-order valence-electron chi connectivity index (χ2n) is 5.05. The third kappa shape index (κ3) is 4.65. The van der Waals surface area contributed by atoms with Crippen LogP contribution in [0.3, 0.4) is 0 Å².